The SMILES string of the molecule is COc1cc2nnsc2cc1Nc1ncnc2sc3c(c12)CC[C@H](C(=O)N(C)S(C)(=O)=O)C3. The van der Waals surface area contributed by atoms with Gasteiger partial charge in [0.15, 0.2) is 0 Å². The molecule has 0 aliphatic heterocycles. The molecule has 0 unspecified atom stereocenters. The zero-order valence-corrected chi connectivity index (χ0v) is 20.5. The molecule has 0 fully saturated rings. The fourth-order valence-electron chi connectivity index (χ4n) is 4.04. The first-order valence-electron chi connectivity index (χ1n) is 10.1. The number of anilines is 2. The maximum absolute atomic E-state index is 12.7. The zero-order chi connectivity index (χ0) is 23.3. The van der Waals surface area contributed by atoms with Crippen LogP contribution in [0.4, 0.5) is 11.5 Å². The molecule has 1 aromatic carbocycles. The second-order valence-electron chi connectivity index (χ2n) is 7.83. The number of benzene rings is 1. The highest BCUT2D eigenvalue weighted by Gasteiger charge is 2.33. The number of rotatable bonds is 5. The Bertz CT molecular complexity index is 1500. The molecule has 1 aliphatic rings. The monoisotopic (exact) mass is 504 g/mol. The Labute approximate surface area is 197 Å². The van der Waals surface area contributed by atoms with Crippen LogP contribution < -0.4 is 10.1 Å². The van der Waals surface area contributed by atoms with Crippen molar-refractivity contribution in [1.29, 1.82) is 0 Å². The van der Waals surface area contributed by atoms with Crippen LogP contribution in [0.2, 0.25) is 0 Å². The smallest absolute Gasteiger partial charge is 0.239 e. The van der Waals surface area contributed by atoms with Gasteiger partial charge in [-0.3, -0.25) is 4.79 Å². The van der Waals surface area contributed by atoms with Crippen LogP contribution in [-0.4, -0.2) is 58.6 Å². The van der Waals surface area contributed by atoms with Gasteiger partial charge in [0.05, 0.1) is 29.1 Å². The van der Waals surface area contributed by atoms with E-state index in [-0.39, 0.29) is 11.8 Å². The third-order valence-corrected chi connectivity index (χ3v) is 8.85. The molecule has 4 aromatic rings. The Morgan fingerprint density at radius 2 is 2.12 bits per heavy atom. The van der Waals surface area contributed by atoms with Crippen LogP contribution in [0.3, 0.4) is 0 Å². The summed E-state index contributed by atoms with van der Waals surface area (Å²) in [5, 5.41) is 8.40. The molecule has 5 rings (SSSR count). The summed E-state index contributed by atoms with van der Waals surface area (Å²) in [6.07, 6.45) is 4.23. The number of ether oxygens (including phenoxy) is 1. The number of nitrogens with zero attached hydrogens (tertiary/aromatic N) is 5. The first-order valence-corrected chi connectivity index (χ1v) is 13.5. The minimum Gasteiger partial charge on any atom is -0.494 e. The molecule has 0 radical (unpaired) electrons. The molecule has 13 heteroatoms. The van der Waals surface area contributed by atoms with Crippen LogP contribution >= 0.6 is 22.9 Å². The summed E-state index contributed by atoms with van der Waals surface area (Å²) in [5.74, 6) is 0.531. The molecule has 1 N–H and O–H groups in total. The minimum absolute atomic E-state index is 0.374. The Balaban J connectivity index is 1.50. The number of hydrogen-bond donors (Lipinski definition) is 1. The summed E-state index contributed by atoms with van der Waals surface area (Å²) < 4.78 is 34.9. The predicted octanol–water partition coefficient (Wildman–Crippen LogP) is 2.97. The summed E-state index contributed by atoms with van der Waals surface area (Å²) >= 11 is 2.82. The number of carbonyl (C=O) groups excluding carboxylic acids is 1. The molecule has 1 aliphatic carbocycles. The third kappa shape index (κ3) is 3.89. The Hall–Kier alpha value is -2.90. The lowest BCUT2D eigenvalue weighted by Crippen LogP contribution is -2.38. The van der Waals surface area contributed by atoms with Crippen LogP contribution in [0, 0.1) is 5.92 Å². The van der Waals surface area contributed by atoms with E-state index in [1.165, 1.54) is 36.2 Å². The minimum atomic E-state index is -3.58. The number of aromatic nitrogens is 4. The lowest BCUT2D eigenvalue weighted by Gasteiger charge is -2.25. The Morgan fingerprint density at radius 3 is 2.88 bits per heavy atom. The van der Waals surface area contributed by atoms with E-state index in [1.807, 2.05) is 12.1 Å². The number of nitrogens with one attached hydrogen (secondary N) is 1. The second kappa shape index (κ2) is 8.15. The van der Waals surface area contributed by atoms with E-state index in [2.05, 4.69) is 24.9 Å². The van der Waals surface area contributed by atoms with Crippen molar-refractivity contribution in [3.8, 4) is 5.75 Å². The largest absolute Gasteiger partial charge is 0.494 e. The molecule has 1 amide bonds. The molecule has 0 spiro atoms. The van der Waals surface area contributed by atoms with Crippen LogP contribution in [0.15, 0.2) is 18.5 Å². The Morgan fingerprint density at radius 1 is 1.30 bits per heavy atom. The van der Waals surface area contributed by atoms with Gasteiger partial charge < -0.3 is 10.1 Å². The predicted molar refractivity (Wildman–Crippen MR) is 128 cm³/mol. The van der Waals surface area contributed by atoms with E-state index in [4.69, 9.17) is 4.74 Å². The normalized spacial score (nSPS) is 16.0. The number of aryl methyl sites for hydroxylation is 1. The summed E-state index contributed by atoms with van der Waals surface area (Å²) in [7, 11) is -0.668. The zero-order valence-electron chi connectivity index (χ0n) is 18.0. The number of thiophene rings is 1. The first-order chi connectivity index (χ1) is 15.8. The van der Waals surface area contributed by atoms with Gasteiger partial charge in [-0.15, -0.1) is 16.4 Å². The van der Waals surface area contributed by atoms with Crippen molar-refractivity contribution in [1.82, 2.24) is 23.9 Å². The van der Waals surface area contributed by atoms with Gasteiger partial charge in [-0.1, -0.05) is 4.49 Å². The van der Waals surface area contributed by atoms with Crippen molar-refractivity contribution < 1.29 is 17.9 Å². The molecule has 1 atom stereocenters. The van der Waals surface area contributed by atoms with E-state index < -0.39 is 10.0 Å². The van der Waals surface area contributed by atoms with Gasteiger partial charge in [0.1, 0.15) is 28.2 Å². The molecular weight excluding hydrogens is 484 g/mol. The van der Waals surface area contributed by atoms with E-state index in [9.17, 15) is 13.2 Å². The summed E-state index contributed by atoms with van der Waals surface area (Å²) in [4.78, 5) is 23.5. The number of sulfonamides is 1. The lowest BCUT2D eigenvalue weighted by molar-refractivity contribution is -0.130. The molecule has 0 bridgehead atoms. The summed E-state index contributed by atoms with van der Waals surface area (Å²) in [6, 6.07) is 3.76. The van der Waals surface area contributed by atoms with E-state index >= 15 is 0 Å². The molecule has 0 saturated carbocycles. The average molecular weight is 505 g/mol. The molecule has 172 valence electrons. The molecule has 0 saturated heterocycles. The number of methoxy groups -OCH3 is 1. The van der Waals surface area contributed by atoms with Crippen LogP contribution in [0.1, 0.15) is 16.9 Å². The molecular formula is C20H20N6O4S3. The first kappa shape index (κ1) is 21.9. The van der Waals surface area contributed by atoms with E-state index in [0.29, 0.717) is 30.8 Å². The van der Waals surface area contributed by atoms with E-state index in [1.54, 1.807) is 7.11 Å². The fraction of sp³-hybridized carbons (Fsp3) is 0.350. The maximum Gasteiger partial charge on any atom is 0.239 e. The Kier molecular flexibility index (Phi) is 5.41. The van der Waals surface area contributed by atoms with Crippen LogP contribution in [0.25, 0.3) is 20.4 Å². The van der Waals surface area contributed by atoms with Gasteiger partial charge in [-0.25, -0.2) is 22.7 Å². The number of fused-ring (bicyclic) bond motifs is 4. The molecule has 33 heavy (non-hydrogen) atoms. The van der Waals surface area contributed by atoms with Crippen molar-refractivity contribution >= 4 is 70.7 Å². The lowest BCUT2D eigenvalue weighted by atomic mass is 9.87. The van der Waals surface area contributed by atoms with Gasteiger partial charge in [0.2, 0.25) is 15.9 Å². The molecule has 3 heterocycles. The van der Waals surface area contributed by atoms with Crippen molar-refractivity contribution in [2.45, 2.75) is 19.3 Å². The van der Waals surface area contributed by atoms with Gasteiger partial charge in [-0.05, 0) is 42.4 Å². The van der Waals surface area contributed by atoms with Crippen LogP contribution in [0.5, 0.6) is 5.75 Å². The molecule has 3 aromatic heterocycles. The standard InChI is InChI=1S/C20H20N6O4S3/c1-26(33(3,28)29)20(27)10-4-5-11-15(6-10)31-19-17(11)18(21-9-22-19)23-12-8-16-13(24-25-32-16)7-14(12)30-2/h7-10H,4-6H2,1-3H3,(H,21,22,23)/t10-/m0/s1. The summed E-state index contributed by atoms with van der Waals surface area (Å²) in [5.41, 5.74) is 2.61. The maximum atomic E-state index is 12.7. The van der Waals surface area contributed by atoms with Crippen molar-refractivity contribution in [2.75, 3.05) is 25.7 Å². The summed E-state index contributed by atoms with van der Waals surface area (Å²) in [6.45, 7) is 0. The van der Waals surface area contributed by atoms with Gasteiger partial charge in [-0.2, -0.15) is 0 Å². The van der Waals surface area contributed by atoms with E-state index in [0.717, 1.165) is 47.1 Å². The van der Waals surface area contributed by atoms with Gasteiger partial charge in [0, 0.05) is 23.9 Å². The van der Waals surface area contributed by atoms with Crippen LogP contribution in [-0.2, 0) is 27.7 Å². The second-order valence-corrected chi connectivity index (χ2v) is 11.7. The highest BCUT2D eigenvalue weighted by atomic mass is 32.2. The van der Waals surface area contributed by atoms with Crippen molar-refractivity contribution in [3.05, 3.63) is 28.9 Å². The highest BCUT2D eigenvalue weighted by molar-refractivity contribution is 7.88. The number of hydrogen-bond acceptors (Lipinski definition) is 11. The highest BCUT2D eigenvalue weighted by Crippen LogP contribution is 2.42. The fourth-order valence-corrected chi connectivity index (χ4v) is 6.36. The topological polar surface area (TPSA) is 127 Å². The van der Waals surface area contributed by atoms with Crippen molar-refractivity contribution in [3.63, 3.8) is 0 Å². The third-order valence-electron chi connectivity index (χ3n) is 5.82. The van der Waals surface area contributed by atoms with Gasteiger partial charge in [0.25, 0.3) is 0 Å². The number of amides is 1. The number of carbonyl (C=O) groups is 1. The average Bonchev–Trinajstić information content (AvgIpc) is 3.40. The quantitative estimate of drug-likeness (QED) is 0.436. The van der Waals surface area contributed by atoms with Gasteiger partial charge >= 0.3 is 0 Å². The molecule has 10 nitrogen and oxygen atoms in total. The van der Waals surface area contributed by atoms with Crippen molar-refractivity contribution in [2.24, 2.45) is 5.92 Å².